The summed E-state index contributed by atoms with van der Waals surface area (Å²) in [5, 5.41) is 3.65. The minimum atomic E-state index is 0.540. The van der Waals surface area contributed by atoms with Crippen LogP contribution in [-0.2, 0) is 0 Å². The molecule has 16 heavy (non-hydrogen) atoms. The second-order valence-corrected chi connectivity index (χ2v) is 5.70. The number of aryl methyl sites for hydroxylation is 2. The van der Waals surface area contributed by atoms with E-state index in [2.05, 4.69) is 68.0 Å². The highest BCUT2D eigenvalue weighted by atomic mass is 79.9. The average Bonchev–Trinajstić information content (AvgIpc) is 2.15. The molecule has 0 amide bonds. The Balaban J connectivity index is 2.96. The minimum Gasteiger partial charge on any atom is -0.381 e. The molecular weight excluding hydrogens is 262 g/mol. The highest BCUT2D eigenvalue weighted by Gasteiger charge is 2.13. The van der Waals surface area contributed by atoms with Gasteiger partial charge in [-0.05, 0) is 59.3 Å². The Morgan fingerprint density at radius 1 is 1.25 bits per heavy atom. The maximum atomic E-state index is 3.65. The molecule has 1 nitrogen and oxygen atoms in total. The lowest BCUT2D eigenvalue weighted by Crippen LogP contribution is -2.25. The van der Waals surface area contributed by atoms with E-state index in [1.54, 1.807) is 0 Å². The number of halogens is 1. The van der Waals surface area contributed by atoms with Crippen molar-refractivity contribution in [2.24, 2.45) is 5.92 Å². The van der Waals surface area contributed by atoms with Crippen molar-refractivity contribution in [3.05, 3.63) is 27.7 Å². The second-order valence-electron chi connectivity index (χ2n) is 4.84. The van der Waals surface area contributed by atoms with Gasteiger partial charge >= 0.3 is 0 Å². The predicted octanol–water partition coefficient (Wildman–Crippen LogP) is 4.91. The third kappa shape index (κ3) is 3.24. The Bertz CT molecular complexity index is 335. The molecule has 0 aliphatic rings. The molecule has 0 radical (unpaired) electrons. The van der Waals surface area contributed by atoms with Crippen LogP contribution in [0.5, 0.6) is 0 Å². The summed E-state index contributed by atoms with van der Waals surface area (Å²) in [5.41, 5.74) is 3.85. The van der Waals surface area contributed by atoms with Crippen molar-refractivity contribution < 1.29 is 0 Å². The van der Waals surface area contributed by atoms with E-state index >= 15 is 0 Å². The Labute approximate surface area is 108 Å². The summed E-state index contributed by atoms with van der Waals surface area (Å²) in [6.45, 7) is 11.0. The van der Waals surface area contributed by atoms with Gasteiger partial charge in [-0.15, -0.1) is 0 Å². The van der Waals surface area contributed by atoms with Crippen LogP contribution in [0.15, 0.2) is 16.6 Å². The lowest BCUT2D eigenvalue weighted by molar-refractivity contribution is 0.511. The van der Waals surface area contributed by atoms with E-state index in [4.69, 9.17) is 0 Å². The maximum absolute atomic E-state index is 3.65. The van der Waals surface area contributed by atoms with Crippen LogP contribution in [0.4, 0.5) is 5.69 Å². The summed E-state index contributed by atoms with van der Waals surface area (Å²) in [6.07, 6.45) is 1.15. The van der Waals surface area contributed by atoms with Crippen molar-refractivity contribution in [1.82, 2.24) is 0 Å². The summed E-state index contributed by atoms with van der Waals surface area (Å²) in [7, 11) is 0. The van der Waals surface area contributed by atoms with E-state index in [9.17, 15) is 0 Å². The normalized spacial score (nSPS) is 12.9. The molecule has 0 heterocycles. The van der Waals surface area contributed by atoms with Crippen LogP contribution in [0.2, 0.25) is 0 Å². The largest absolute Gasteiger partial charge is 0.381 e. The molecule has 1 aromatic carbocycles. The Hall–Kier alpha value is -0.500. The lowest BCUT2D eigenvalue weighted by atomic mass is 10.0. The van der Waals surface area contributed by atoms with Crippen LogP contribution in [-0.4, -0.2) is 6.04 Å². The summed E-state index contributed by atoms with van der Waals surface area (Å²) in [6, 6.07) is 4.93. The lowest BCUT2D eigenvalue weighted by Gasteiger charge is -2.24. The molecule has 1 N–H and O–H groups in total. The molecule has 2 heteroatoms. The average molecular weight is 284 g/mol. The number of anilines is 1. The molecule has 1 unspecified atom stereocenters. The van der Waals surface area contributed by atoms with Gasteiger partial charge in [-0.25, -0.2) is 0 Å². The van der Waals surface area contributed by atoms with Crippen LogP contribution in [0.3, 0.4) is 0 Å². The first-order valence-corrected chi connectivity index (χ1v) is 6.78. The van der Waals surface area contributed by atoms with Crippen LogP contribution in [0, 0.1) is 19.8 Å². The third-order valence-corrected chi connectivity index (χ3v) is 3.63. The van der Waals surface area contributed by atoms with Crippen LogP contribution >= 0.6 is 15.9 Å². The first kappa shape index (κ1) is 13.6. The first-order chi connectivity index (χ1) is 7.45. The molecule has 0 aliphatic carbocycles. The van der Waals surface area contributed by atoms with E-state index < -0.39 is 0 Å². The summed E-state index contributed by atoms with van der Waals surface area (Å²) >= 11 is 3.64. The van der Waals surface area contributed by atoms with Gasteiger partial charge in [0.1, 0.15) is 0 Å². The summed E-state index contributed by atoms with van der Waals surface area (Å²) < 4.78 is 1.17. The van der Waals surface area contributed by atoms with Gasteiger partial charge in [0.05, 0.1) is 5.69 Å². The predicted molar refractivity (Wildman–Crippen MR) is 76.2 cm³/mol. The molecule has 0 bridgehead atoms. The molecule has 1 aromatic rings. The van der Waals surface area contributed by atoms with Crippen molar-refractivity contribution in [2.75, 3.05) is 5.32 Å². The van der Waals surface area contributed by atoms with Crippen LogP contribution in [0.1, 0.15) is 38.3 Å². The fraction of sp³-hybridized carbons (Fsp3) is 0.571. The molecule has 0 spiro atoms. The van der Waals surface area contributed by atoms with Crippen LogP contribution < -0.4 is 5.32 Å². The van der Waals surface area contributed by atoms with Crippen molar-refractivity contribution in [3.8, 4) is 0 Å². The van der Waals surface area contributed by atoms with E-state index in [1.807, 2.05) is 0 Å². The molecule has 0 fully saturated rings. The van der Waals surface area contributed by atoms with Gasteiger partial charge in [0.2, 0.25) is 0 Å². The standard InChI is InChI=1S/C14H22BrN/c1-6-13(9(2)3)16-14-11(5)7-10(4)8-12(14)15/h7-9,13,16H,6H2,1-5H3. The van der Waals surface area contributed by atoms with E-state index in [0.717, 1.165) is 6.42 Å². The fourth-order valence-corrected chi connectivity index (χ4v) is 2.81. The highest BCUT2D eigenvalue weighted by molar-refractivity contribution is 9.10. The maximum Gasteiger partial charge on any atom is 0.0516 e. The monoisotopic (exact) mass is 283 g/mol. The first-order valence-electron chi connectivity index (χ1n) is 5.99. The number of nitrogens with one attached hydrogen (secondary N) is 1. The quantitative estimate of drug-likeness (QED) is 0.828. The zero-order valence-corrected chi connectivity index (χ0v) is 12.5. The number of hydrogen-bond acceptors (Lipinski definition) is 1. The van der Waals surface area contributed by atoms with Gasteiger partial charge in [0, 0.05) is 10.5 Å². The zero-order valence-electron chi connectivity index (χ0n) is 10.9. The van der Waals surface area contributed by atoms with Crippen molar-refractivity contribution in [3.63, 3.8) is 0 Å². The highest BCUT2D eigenvalue weighted by Crippen LogP contribution is 2.29. The molecule has 1 rings (SSSR count). The third-order valence-electron chi connectivity index (χ3n) is 3.01. The Morgan fingerprint density at radius 2 is 1.88 bits per heavy atom. The molecular formula is C14H22BrN. The zero-order chi connectivity index (χ0) is 12.3. The van der Waals surface area contributed by atoms with Gasteiger partial charge in [-0.3, -0.25) is 0 Å². The van der Waals surface area contributed by atoms with Crippen molar-refractivity contribution in [1.29, 1.82) is 0 Å². The van der Waals surface area contributed by atoms with Gasteiger partial charge in [0.25, 0.3) is 0 Å². The van der Waals surface area contributed by atoms with Crippen LogP contribution in [0.25, 0.3) is 0 Å². The Kier molecular flexibility index (Phi) is 4.85. The van der Waals surface area contributed by atoms with Gasteiger partial charge in [-0.1, -0.05) is 26.8 Å². The van der Waals surface area contributed by atoms with E-state index in [-0.39, 0.29) is 0 Å². The molecule has 0 aromatic heterocycles. The molecule has 0 saturated heterocycles. The van der Waals surface area contributed by atoms with Crippen molar-refractivity contribution >= 4 is 21.6 Å². The number of rotatable bonds is 4. The summed E-state index contributed by atoms with van der Waals surface area (Å²) in [4.78, 5) is 0. The topological polar surface area (TPSA) is 12.0 Å². The van der Waals surface area contributed by atoms with Gasteiger partial charge in [-0.2, -0.15) is 0 Å². The van der Waals surface area contributed by atoms with E-state index in [0.29, 0.717) is 12.0 Å². The SMILES string of the molecule is CCC(Nc1c(C)cc(C)cc1Br)C(C)C. The summed E-state index contributed by atoms with van der Waals surface area (Å²) in [5.74, 6) is 0.651. The van der Waals surface area contributed by atoms with Crippen molar-refractivity contribution in [2.45, 2.75) is 47.1 Å². The fourth-order valence-electron chi connectivity index (χ4n) is 2.02. The molecule has 90 valence electrons. The molecule has 0 saturated carbocycles. The van der Waals surface area contributed by atoms with Gasteiger partial charge < -0.3 is 5.32 Å². The number of hydrogen-bond donors (Lipinski definition) is 1. The Morgan fingerprint density at radius 3 is 2.31 bits per heavy atom. The minimum absolute atomic E-state index is 0.540. The van der Waals surface area contributed by atoms with E-state index in [1.165, 1.54) is 21.3 Å². The number of benzene rings is 1. The molecule has 0 aliphatic heterocycles. The second kappa shape index (κ2) is 5.72. The molecule has 1 atom stereocenters. The smallest absolute Gasteiger partial charge is 0.0516 e. The van der Waals surface area contributed by atoms with Gasteiger partial charge in [0.15, 0.2) is 0 Å².